The van der Waals surface area contributed by atoms with E-state index >= 15 is 0 Å². The van der Waals surface area contributed by atoms with Crippen LogP contribution in [0.4, 0.5) is 5.69 Å². The molecule has 0 spiro atoms. The molecule has 5 rings (SSSR count). The Labute approximate surface area is 220 Å². The fraction of sp³-hybridized carbons (Fsp3) is 0.357. The van der Waals surface area contributed by atoms with Crippen LogP contribution in [-0.2, 0) is 11.3 Å². The number of benzene rings is 2. The molecule has 0 unspecified atom stereocenters. The van der Waals surface area contributed by atoms with E-state index in [0.29, 0.717) is 0 Å². The molecule has 8 heteroatoms. The van der Waals surface area contributed by atoms with Crippen molar-refractivity contribution < 1.29 is 4.79 Å². The van der Waals surface area contributed by atoms with Gasteiger partial charge in [-0.3, -0.25) is 9.69 Å². The molecular weight excluding hydrogens is 486 g/mol. The number of fused-ring (bicyclic) bond motifs is 1. The number of thiazole rings is 1. The topological polar surface area (TPSA) is 71.0 Å². The summed E-state index contributed by atoms with van der Waals surface area (Å²) in [5.74, 6) is 0.0241. The molecule has 1 fully saturated rings. The molecule has 1 saturated heterocycles. The molecule has 2 aromatic carbocycles. The number of likely N-dealkylation sites (tertiary alicyclic amines) is 1. The van der Waals surface area contributed by atoms with Crippen molar-refractivity contribution in [3.8, 4) is 0 Å². The summed E-state index contributed by atoms with van der Waals surface area (Å²) in [6.45, 7) is 11.8. The Morgan fingerprint density at radius 1 is 1.03 bits per heavy atom. The van der Waals surface area contributed by atoms with Crippen LogP contribution in [0.25, 0.3) is 10.2 Å². The largest absolute Gasteiger partial charge is 0.325 e. The number of nitrogens with zero attached hydrogens (tertiary/aromatic N) is 4. The third kappa shape index (κ3) is 5.61. The number of rotatable bonds is 6. The van der Waals surface area contributed by atoms with E-state index in [-0.39, 0.29) is 17.2 Å². The zero-order chi connectivity index (χ0) is 25.4. The van der Waals surface area contributed by atoms with Crippen molar-refractivity contribution in [1.82, 2.24) is 19.9 Å². The minimum Gasteiger partial charge on any atom is -0.325 e. The highest BCUT2D eigenvalue weighted by Gasteiger charge is 2.38. The zero-order valence-corrected chi connectivity index (χ0v) is 23.0. The lowest BCUT2D eigenvalue weighted by Crippen LogP contribution is -2.39. The number of hydrogen-bond donors (Lipinski definition) is 1. The number of nitrogens with one attached hydrogen (secondary N) is 1. The van der Waals surface area contributed by atoms with Gasteiger partial charge in [0.2, 0.25) is 5.91 Å². The summed E-state index contributed by atoms with van der Waals surface area (Å²) in [6, 6.07) is 14.3. The summed E-state index contributed by atoms with van der Waals surface area (Å²) in [5, 5.41) is 5.22. The van der Waals surface area contributed by atoms with Crippen molar-refractivity contribution in [2.24, 2.45) is 0 Å². The summed E-state index contributed by atoms with van der Waals surface area (Å²) >= 11 is 3.35. The summed E-state index contributed by atoms with van der Waals surface area (Å²) in [6.07, 6.45) is 0.746. The van der Waals surface area contributed by atoms with E-state index < -0.39 is 0 Å². The number of anilines is 1. The van der Waals surface area contributed by atoms with Crippen LogP contribution in [0.3, 0.4) is 0 Å². The second-order valence-electron chi connectivity index (χ2n) is 9.69. The minimum atomic E-state index is -0.235. The molecule has 2 atom stereocenters. The monoisotopic (exact) mass is 517 g/mol. The van der Waals surface area contributed by atoms with Crippen molar-refractivity contribution in [2.45, 2.75) is 64.0 Å². The lowest BCUT2D eigenvalue weighted by molar-refractivity contribution is -0.120. The van der Waals surface area contributed by atoms with Gasteiger partial charge in [-0.15, -0.1) is 11.3 Å². The van der Waals surface area contributed by atoms with Crippen LogP contribution < -0.4 is 5.32 Å². The maximum atomic E-state index is 13.6. The molecule has 2 aromatic heterocycles. The highest BCUT2D eigenvalue weighted by atomic mass is 32.2. The predicted octanol–water partition coefficient (Wildman–Crippen LogP) is 6.00. The quantitative estimate of drug-likeness (QED) is 0.316. The van der Waals surface area contributed by atoms with Gasteiger partial charge in [-0.1, -0.05) is 35.5 Å². The van der Waals surface area contributed by atoms with E-state index in [0.717, 1.165) is 57.0 Å². The van der Waals surface area contributed by atoms with Gasteiger partial charge in [0.25, 0.3) is 0 Å². The Morgan fingerprint density at radius 3 is 2.58 bits per heavy atom. The normalized spacial score (nSPS) is 18.1. The predicted molar refractivity (Wildman–Crippen MR) is 149 cm³/mol. The molecule has 1 N–H and O–H groups in total. The number of carbonyl (C=O) groups is 1. The summed E-state index contributed by atoms with van der Waals surface area (Å²) < 4.78 is 1.13. The molecular formula is C28H31N5OS2. The Balaban J connectivity index is 1.38. The molecule has 1 aliphatic heterocycles. The van der Waals surface area contributed by atoms with Crippen molar-refractivity contribution in [3.63, 3.8) is 0 Å². The molecule has 1 amide bonds. The van der Waals surface area contributed by atoms with E-state index in [1.165, 1.54) is 16.7 Å². The van der Waals surface area contributed by atoms with Gasteiger partial charge in [0.05, 0.1) is 21.3 Å². The molecule has 6 nitrogen and oxygen atoms in total. The van der Waals surface area contributed by atoms with E-state index in [9.17, 15) is 4.79 Å². The summed E-state index contributed by atoms with van der Waals surface area (Å²) in [7, 11) is 0. The second kappa shape index (κ2) is 10.3. The number of amides is 1. The van der Waals surface area contributed by atoms with Crippen LogP contribution in [0, 0.1) is 34.6 Å². The molecule has 0 bridgehead atoms. The lowest BCUT2D eigenvalue weighted by Gasteiger charge is -2.24. The lowest BCUT2D eigenvalue weighted by atomic mass is 10.0. The molecule has 0 saturated carbocycles. The third-order valence-electron chi connectivity index (χ3n) is 6.54. The zero-order valence-electron chi connectivity index (χ0n) is 21.3. The van der Waals surface area contributed by atoms with Crippen molar-refractivity contribution in [3.05, 3.63) is 75.6 Å². The first-order chi connectivity index (χ1) is 17.2. The van der Waals surface area contributed by atoms with Gasteiger partial charge in [-0.25, -0.2) is 15.0 Å². The number of carbonyl (C=O) groups excluding carboxylic acids is 1. The van der Waals surface area contributed by atoms with Crippen LogP contribution in [0.1, 0.15) is 39.5 Å². The van der Waals surface area contributed by atoms with E-state index in [2.05, 4.69) is 57.2 Å². The first kappa shape index (κ1) is 24.9. The van der Waals surface area contributed by atoms with Gasteiger partial charge in [0, 0.05) is 35.4 Å². The minimum absolute atomic E-state index is 0.0241. The fourth-order valence-electron chi connectivity index (χ4n) is 4.83. The van der Waals surface area contributed by atoms with Crippen molar-refractivity contribution in [1.29, 1.82) is 0 Å². The maximum absolute atomic E-state index is 13.6. The standard InChI is InChI=1S/C28H31N5OS2/c1-16-6-7-17(2)21(10-16)14-33-15-23(36-28-29-18(3)11-19(4)30-28)13-25(33)27(34)32-22-8-9-26-24(12-22)31-20(5)35-26/h6-12,23,25H,13-15H2,1-5H3,(H,32,34)/t23-,25-/m0/s1. The maximum Gasteiger partial charge on any atom is 0.241 e. The molecule has 3 heterocycles. The number of aryl methyl sites for hydroxylation is 5. The third-order valence-corrected chi connectivity index (χ3v) is 8.56. The highest BCUT2D eigenvalue weighted by molar-refractivity contribution is 7.99. The van der Waals surface area contributed by atoms with Crippen LogP contribution >= 0.6 is 23.1 Å². The Kier molecular flexibility index (Phi) is 7.10. The van der Waals surface area contributed by atoms with Gasteiger partial charge >= 0.3 is 0 Å². The van der Waals surface area contributed by atoms with Crippen LogP contribution in [0.15, 0.2) is 47.6 Å². The fourth-order valence-corrected chi connectivity index (χ4v) is 6.87. The number of hydrogen-bond acceptors (Lipinski definition) is 7. The Bertz CT molecular complexity index is 1410. The van der Waals surface area contributed by atoms with E-state index in [1.54, 1.807) is 23.1 Å². The summed E-state index contributed by atoms with van der Waals surface area (Å²) in [5.41, 5.74) is 7.40. The van der Waals surface area contributed by atoms with E-state index in [4.69, 9.17) is 0 Å². The van der Waals surface area contributed by atoms with E-state index in [1.807, 2.05) is 45.0 Å². The van der Waals surface area contributed by atoms with Gasteiger partial charge in [-0.05, 0) is 76.4 Å². The number of thioether (sulfide) groups is 1. The summed E-state index contributed by atoms with van der Waals surface area (Å²) in [4.78, 5) is 29.7. The Hall–Kier alpha value is -2.81. The molecule has 1 aliphatic rings. The molecule has 36 heavy (non-hydrogen) atoms. The van der Waals surface area contributed by atoms with Crippen molar-refractivity contribution in [2.75, 3.05) is 11.9 Å². The molecule has 4 aromatic rings. The van der Waals surface area contributed by atoms with Crippen LogP contribution in [0.5, 0.6) is 0 Å². The smallest absolute Gasteiger partial charge is 0.241 e. The second-order valence-corrected chi connectivity index (χ2v) is 12.2. The first-order valence-corrected chi connectivity index (χ1v) is 13.9. The van der Waals surface area contributed by atoms with Crippen LogP contribution in [0.2, 0.25) is 0 Å². The first-order valence-electron chi connectivity index (χ1n) is 12.2. The number of aromatic nitrogens is 3. The van der Waals surface area contributed by atoms with Crippen molar-refractivity contribution >= 4 is 44.9 Å². The van der Waals surface area contributed by atoms with Gasteiger partial charge in [0.15, 0.2) is 5.16 Å². The molecule has 0 aliphatic carbocycles. The molecule has 0 radical (unpaired) electrons. The average Bonchev–Trinajstić information content (AvgIpc) is 3.37. The van der Waals surface area contributed by atoms with Gasteiger partial charge < -0.3 is 5.32 Å². The Morgan fingerprint density at radius 2 is 1.81 bits per heavy atom. The molecule has 186 valence electrons. The van der Waals surface area contributed by atoms with Gasteiger partial charge in [-0.2, -0.15) is 0 Å². The SMILES string of the molecule is Cc1ccc(C)c(CN2C[C@@H](Sc3nc(C)cc(C)n3)C[C@H]2C(=O)Nc2ccc3sc(C)nc3c2)c1. The van der Waals surface area contributed by atoms with Crippen LogP contribution in [-0.4, -0.2) is 43.6 Å². The highest BCUT2D eigenvalue weighted by Crippen LogP contribution is 2.34. The average molecular weight is 518 g/mol. The van der Waals surface area contributed by atoms with Gasteiger partial charge in [0.1, 0.15) is 0 Å².